The molecule has 0 aromatic heterocycles. The normalized spacial score (nSPS) is 17.7. The molecule has 118 valence electrons. The van der Waals surface area contributed by atoms with Gasteiger partial charge < -0.3 is 10.1 Å². The van der Waals surface area contributed by atoms with Crippen molar-refractivity contribution < 1.29 is 4.74 Å². The number of benzene rings is 1. The molecule has 1 atom stereocenters. The Balaban J connectivity index is 1.89. The molecule has 2 nitrogen and oxygen atoms in total. The van der Waals surface area contributed by atoms with Crippen LogP contribution in [0.25, 0.3) is 0 Å². The molecular formula is C18H28ClNO. The molecule has 0 amide bonds. The predicted molar refractivity (Wildman–Crippen MR) is 90.2 cm³/mol. The highest BCUT2D eigenvalue weighted by Gasteiger charge is 2.15. The molecule has 1 fully saturated rings. The van der Waals surface area contributed by atoms with E-state index in [2.05, 4.69) is 25.2 Å². The van der Waals surface area contributed by atoms with E-state index in [0.29, 0.717) is 12.0 Å². The maximum Gasteiger partial charge on any atom is 0.137 e. The van der Waals surface area contributed by atoms with Crippen molar-refractivity contribution in [3.05, 3.63) is 28.8 Å². The lowest BCUT2D eigenvalue weighted by molar-refractivity contribution is 0.209. The summed E-state index contributed by atoms with van der Waals surface area (Å²) < 4.78 is 5.94. The zero-order valence-corrected chi connectivity index (χ0v) is 14.1. The van der Waals surface area contributed by atoms with E-state index in [-0.39, 0.29) is 0 Å². The van der Waals surface area contributed by atoms with Gasteiger partial charge in [0.15, 0.2) is 0 Å². The van der Waals surface area contributed by atoms with Crippen LogP contribution < -0.4 is 10.1 Å². The molecule has 1 aliphatic carbocycles. The first-order valence-electron chi connectivity index (χ1n) is 8.36. The minimum atomic E-state index is 0.329. The SMILES string of the molecule is CCCNC(C)c1ccc(OCC2CCCCC2)c(Cl)c1. The van der Waals surface area contributed by atoms with Crippen molar-refractivity contribution in [3.63, 3.8) is 0 Å². The number of ether oxygens (including phenoxy) is 1. The molecule has 21 heavy (non-hydrogen) atoms. The van der Waals surface area contributed by atoms with Gasteiger partial charge in [-0.2, -0.15) is 0 Å². The highest BCUT2D eigenvalue weighted by molar-refractivity contribution is 6.32. The van der Waals surface area contributed by atoms with Crippen molar-refractivity contribution in [2.24, 2.45) is 5.92 Å². The molecule has 0 heterocycles. The standard InChI is InChI=1S/C18H28ClNO/c1-3-11-20-14(2)16-9-10-18(17(19)12-16)21-13-15-7-5-4-6-8-15/h9-10,12,14-15,20H,3-8,11,13H2,1-2H3. The number of halogens is 1. The van der Waals surface area contributed by atoms with E-state index in [1.165, 1.54) is 37.7 Å². The summed E-state index contributed by atoms with van der Waals surface area (Å²) in [6.07, 6.45) is 7.82. The molecule has 0 saturated heterocycles. The first kappa shape index (κ1) is 16.6. The van der Waals surface area contributed by atoms with Gasteiger partial charge in [0.1, 0.15) is 5.75 Å². The smallest absolute Gasteiger partial charge is 0.137 e. The lowest BCUT2D eigenvalue weighted by atomic mass is 9.90. The fraction of sp³-hybridized carbons (Fsp3) is 0.667. The third-order valence-electron chi connectivity index (χ3n) is 4.36. The van der Waals surface area contributed by atoms with Crippen LogP contribution in [0.1, 0.15) is 64.0 Å². The first-order chi connectivity index (χ1) is 10.2. The summed E-state index contributed by atoms with van der Waals surface area (Å²) >= 11 is 6.37. The topological polar surface area (TPSA) is 21.3 Å². The first-order valence-corrected chi connectivity index (χ1v) is 8.74. The van der Waals surface area contributed by atoms with E-state index in [4.69, 9.17) is 16.3 Å². The Morgan fingerprint density at radius 3 is 2.71 bits per heavy atom. The average molecular weight is 310 g/mol. The van der Waals surface area contributed by atoms with E-state index in [0.717, 1.165) is 30.3 Å². The number of rotatable bonds is 7. The minimum Gasteiger partial charge on any atom is -0.492 e. The highest BCUT2D eigenvalue weighted by atomic mass is 35.5. The van der Waals surface area contributed by atoms with Gasteiger partial charge in [-0.3, -0.25) is 0 Å². The molecule has 0 bridgehead atoms. The summed E-state index contributed by atoms with van der Waals surface area (Å²) in [7, 11) is 0. The summed E-state index contributed by atoms with van der Waals surface area (Å²) in [5, 5.41) is 4.21. The van der Waals surface area contributed by atoms with E-state index in [1.54, 1.807) is 0 Å². The Bertz CT molecular complexity index is 429. The lowest BCUT2D eigenvalue weighted by Crippen LogP contribution is -2.19. The van der Waals surface area contributed by atoms with Crippen LogP contribution in [0.3, 0.4) is 0 Å². The minimum absolute atomic E-state index is 0.329. The molecule has 1 aromatic carbocycles. The maximum atomic E-state index is 6.37. The quantitative estimate of drug-likeness (QED) is 0.732. The van der Waals surface area contributed by atoms with Crippen molar-refractivity contribution in [2.75, 3.05) is 13.2 Å². The van der Waals surface area contributed by atoms with E-state index in [9.17, 15) is 0 Å². The van der Waals surface area contributed by atoms with Crippen molar-refractivity contribution in [1.29, 1.82) is 0 Å². The predicted octanol–water partition coefficient (Wildman–Crippen LogP) is 5.36. The van der Waals surface area contributed by atoms with Crippen LogP contribution in [-0.2, 0) is 0 Å². The Morgan fingerprint density at radius 1 is 1.29 bits per heavy atom. The second-order valence-corrected chi connectivity index (χ2v) is 6.59. The molecule has 1 N–H and O–H groups in total. The van der Waals surface area contributed by atoms with Gasteiger partial charge in [-0.05, 0) is 56.3 Å². The highest BCUT2D eigenvalue weighted by Crippen LogP contribution is 2.30. The Kier molecular flexibility index (Phi) is 6.85. The largest absolute Gasteiger partial charge is 0.492 e. The Labute approximate surface area is 134 Å². The van der Waals surface area contributed by atoms with Gasteiger partial charge >= 0.3 is 0 Å². The van der Waals surface area contributed by atoms with Crippen molar-refractivity contribution >= 4 is 11.6 Å². The third-order valence-corrected chi connectivity index (χ3v) is 4.65. The van der Waals surface area contributed by atoms with Crippen LogP contribution in [0.5, 0.6) is 5.75 Å². The van der Waals surface area contributed by atoms with Crippen molar-refractivity contribution in [2.45, 2.75) is 58.4 Å². The second kappa shape index (κ2) is 8.65. The molecule has 1 aromatic rings. The summed E-state index contributed by atoms with van der Waals surface area (Å²) in [5.41, 5.74) is 1.22. The Hall–Kier alpha value is -0.730. The second-order valence-electron chi connectivity index (χ2n) is 6.18. The van der Waals surface area contributed by atoms with Gasteiger partial charge in [-0.25, -0.2) is 0 Å². The number of hydrogen-bond acceptors (Lipinski definition) is 2. The molecule has 2 rings (SSSR count). The fourth-order valence-electron chi connectivity index (χ4n) is 2.94. The molecular weight excluding hydrogens is 282 g/mol. The molecule has 1 unspecified atom stereocenters. The molecule has 0 radical (unpaired) electrons. The van der Waals surface area contributed by atoms with Gasteiger partial charge in [-0.1, -0.05) is 43.9 Å². The Morgan fingerprint density at radius 2 is 2.05 bits per heavy atom. The number of nitrogens with one attached hydrogen (secondary N) is 1. The van der Waals surface area contributed by atoms with Crippen LogP contribution in [-0.4, -0.2) is 13.2 Å². The zero-order chi connectivity index (χ0) is 15.1. The zero-order valence-electron chi connectivity index (χ0n) is 13.3. The number of hydrogen-bond donors (Lipinski definition) is 1. The third kappa shape index (κ3) is 5.19. The monoisotopic (exact) mass is 309 g/mol. The molecule has 1 aliphatic rings. The van der Waals surface area contributed by atoms with Crippen molar-refractivity contribution in [3.8, 4) is 5.75 Å². The summed E-state index contributed by atoms with van der Waals surface area (Å²) in [5.74, 6) is 1.54. The van der Waals surface area contributed by atoms with Gasteiger partial charge in [0.25, 0.3) is 0 Å². The fourth-order valence-corrected chi connectivity index (χ4v) is 3.19. The van der Waals surface area contributed by atoms with Crippen LogP contribution in [0.4, 0.5) is 0 Å². The molecule has 0 spiro atoms. The van der Waals surface area contributed by atoms with Gasteiger partial charge in [0.05, 0.1) is 11.6 Å². The van der Waals surface area contributed by atoms with E-state index < -0.39 is 0 Å². The van der Waals surface area contributed by atoms with Crippen LogP contribution in [0.15, 0.2) is 18.2 Å². The summed E-state index contributed by atoms with van der Waals surface area (Å²) in [6.45, 7) is 6.18. The molecule has 1 saturated carbocycles. The van der Waals surface area contributed by atoms with E-state index in [1.807, 2.05) is 12.1 Å². The van der Waals surface area contributed by atoms with Crippen molar-refractivity contribution in [1.82, 2.24) is 5.32 Å². The van der Waals surface area contributed by atoms with E-state index >= 15 is 0 Å². The summed E-state index contributed by atoms with van der Waals surface area (Å²) in [4.78, 5) is 0. The molecule has 0 aliphatic heterocycles. The lowest BCUT2D eigenvalue weighted by Gasteiger charge is -2.22. The van der Waals surface area contributed by atoms with Gasteiger partial charge in [0, 0.05) is 6.04 Å². The average Bonchev–Trinajstić information content (AvgIpc) is 2.52. The van der Waals surface area contributed by atoms with Crippen LogP contribution in [0.2, 0.25) is 5.02 Å². The van der Waals surface area contributed by atoms with Gasteiger partial charge in [0.2, 0.25) is 0 Å². The van der Waals surface area contributed by atoms with Crippen LogP contribution in [0, 0.1) is 5.92 Å². The molecule has 3 heteroatoms. The van der Waals surface area contributed by atoms with Crippen LogP contribution >= 0.6 is 11.6 Å². The maximum absolute atomic E-state index is 6.37. The summed E-state index contributed by atoms with van der Waals surface area (Å²) in [6, 6.07) is 6.50. The van der Waals surface area contributed by atoms with Gasteiger partial charge in [-0.15, -0.1) is 0 Å².